The molecule has 0 bridgehead atoms. The summed E-state index contributed by atoms with van der Waals surface area (Å²) in [5.41, 5.74) is 3.19. The molecule has 0 aliphatic carbocycles. The van der Waals surface area contributed by atoms with Crippen LogP contribution in [0, 0.1) is 19.8 Å². The Labute approximate surface area is 144 Å². The third kappa shape index (κ3) is 3.31. The van der Waals surface area contributed by atoms with E-state index in [1.54, 1.807) is 4.90 Å². The van der Waals surface area contributed by atoms with E-state index in [9.17, 15) is 9.59 Å². The molecule has 0 radical (unpaired) electrons. The van der Waals surface area contributed by atoms with E-state index >= 15 is 0 Å². The van der Waals surface area contributed by atoms with Gasteiger partial charge in [0.25, 0.3) is 0 Å². The van der Waals surface area contributed by atoms with Gasteiger partial charge in [-0.1, -0.05) is 6.07 Å². The van der Waals surface area contributed by atoms with Gasteiger partial charge in [-0.2, -0.15) is 0 Å². The fourth-order valence-corrected chi connectivity index (χ4v) is 3.89. The lowest BCUT2D eigenvalue weighted by Gasteiger charge is -2.33. The van der Waals surface area contributed by atoms with Crippen LogP contribution in [-0.4, -0.2) is 49.4 Å². The Kier molecular flexibility index (Phi) is 4.90. The molecule has 1 aromatic carbocycles. The van der Waals surface area contributed by atoms with Crippen LogP contribution in [0.3, 0.4) is 0 Å². The normalized spacial score (nSPS) is 22.0. The molecule has 2 heterocycles. The fourth-order valence-electron chi connectivity index (χ4n) is 3.89. The zero-order valence-corrected chi connectivity index (χ0v) is 14.8. The van der Waals surface area contributed by atoms with E-state index in [4.69, 9.17) is 0 Å². The van der Waals surface area contributed by atoms with Crippen molar-refractivity contribution in [3.8, 4) is 0 Å². The number of aryl methyl sites for hydroxylation is 2. The van der Waals surface area contributed by atoms with Gasteiger partial charge in [0, 0.05) is 25.3 Å². The highest BCUT2D eigenvalue weighted by Gasteiger charge is 2.40. The number of anilines is 1. The van der Waals surface area contributed by atoms with Gasteiger partial charge < -0.3 is 15.1 Å². The number of benzene rings is 1. The molecule has 1 N–H and O–H groups in total. The number of amides is 2. The Morgan fingerprint density at radius 1 is 1.12 bits per heavy atom. The predicted octanol–water partition coefficient (Wildman–Crippen LogP) is 1.87. The fraction of sp³-hybridized carbons (Fsp3) is 0.579. The highest BCUT2D eigenvalue weighted by molar-refractivity contribution is 6.09. The number of nitrogens with zero attached hydrogens (tertiary/aromatic N) is 2. The smallest absolute Gasteiger partial charge is 0.239 e. The van der Waals surface area contributed by atoms with E-state index in [1.807, 2.05) is 37.9 Å². The van der Waals surface area contributed by atoms with Gasteiger partial charge in [0.05, 0.1) is 0 Å². The van der Waals surface area contributed by atoms with Gasteiger partial charge in [-0.05, 0) is 69.5 Å². The van der Waals surface area contributed by atoms with Crippen LogP contribution in [0.2, 0.25) is 0 Å². The van der Waals surface area contributed by atoms with Gasteiger partial charge >= 0.3 is 0 Å². The quantitative estimate of drug-likeness (QED) is 0.861. The lowest BCUT2D eigenvalue weighted by atomic mass is 10.0. The summed E-state index contributed by atoms with van der Waals surface area (Å²) in [6.45, 7) is 6.57. The molecule has 5 nitrogen and oxygen atoms in total. The van der Waals surface area contributed by atoms with Crippen molar-refractivity contribution in [3.05, 3.63) is 29.3 Å². The van der Waals surface area contributed by atoms with E-state index in [2.05, 4.69) is 11.4 Å². The first-order chi connectivity index (χ1) is 11.5. The number of hydrogen-bond donors (Lipinski definition) is 1. The zero-order chi connectivity index (χ0) is 17.3. The summed E-state index contributed by atoms with van der Waals surface area (Å²) in [7, 11) is 1.85. The lowest BCUT2D eigenvalue weighted by Crippen LogP contribution is -2.47. The summed E-state index contributed by atoms with van der Waals surface area (Å²) >= 11 is 0. The van der Waals surface area contributed by atoms with Crippen LogP contribution in [0.15, 0.2) is 18.2 Å². The van der Waals surface area contributed by atoms with Gasteiger partial charge in [-0.3, -0.25) is 9.59 Å². The summed E-state index contributed by atoms with van der Waals surface area (Å²) in [4.78, 5) is 29.2. The van der Waals surface area contributed by atoms with E-state index < -0.39 is 5.92 Å². The molecule has 2 saturated heterocycles. The Bertz CT molecular complexity index is 617. The van der Waals surface area contributed by atoms with E-state index in [1.165, 1.54) is 0 Å². The van der Waals surface area contributed by atoms with Crippen molar-refractivity contribution < 1.29 is 9.59 Å². The molecule has 3 rings (SSSR count). The summed E-state index contributed by atoms with van der Waals surface area (Å²) in [6, 6.07) is 6.39. The lowest BCUT2D eigenvalue weighted by molar-refractivity contribution is -0.140. The van der Waals surface area contributed by atoms with Gasteiger partial charge in [-0.15, -0.1) is 0 Å². The first-order valence-corrected chi connectivity index (χ1v) is 8.84. The number of carbonyl (C=O) groups excluding carboxylic acids is 2. The highest BCUT2D eigenvalue weighted by atomic mass is 16.2. The maximum atomic E-state index is 12.8. The summed E-state index contributed by atoms with van der Waals surface area (Å²) in [5, 5.41) is 3.31. The molecule has 2 aliphatic heterocycles. The molecule has 2 fully saturated rings. The minimum atomic E-state index is -0.522. The summed E-state index contributed by atoms with van der Waals surface area (Å²) in [6.07, 6.45) is 2.54. The molecule has 2 aliphatic rings. The largest absolute Gasteiger partial charge is 0.342 e. The minimum Gasteiger partial charge on any atom is -0.342 e. The first-order valence-electron chi connectivity index (χ1n) is 8.84. The van der Waals surface area contributed by atoms with Gasteiger partial charge in [0.15, 0.2) is 0 Å². The van der Waals surface area contributed by atoms with Crippen molar-refractivity contribution >= 4 is 17.5 Å². The molecule has 2 amide bonds. The zero-order valence-electron chi connectivity index (χ0n) is 14.8. The van der Waals surface area contributed by atoms with Crippen molar-refractivity contribution in [2.45, 2.75) is 39.2 Å². The van der Waals surface area contributed by atoms with Crippen LogP contribution in [0.1, 0.15) is 30.4 Å². The molecule has 5 heteroatoms. The van der Waals surface area contributed by atoms with Gasteiger partial charge in [0.2, 0.25) is 11.8 Å². The van der Waals surface area contributed by atoms with Gasteiger partial charge in [0.1, 0.15) is 5.92 Å². The topological polar surface area (TPSA) is 52.7 Å². The van der Waals surface area contributed by atoms with E-state index in [0.717, 1.165) is 42.7 Å². The van der Waals surface area contributed by atoms with Crippen LogP contribution < -0.4 is 10.2 Å². The maximum Gasteiger partial charge on any atom is 0.239 e. The van der Waals surface area contributed by atoms with Crippen molar-refractivity contribution in [1.82, 2.24) is 10.2 Å². The van der Waals surface area contributed by atoms with Crippen molar-refractivity contribution in [3.63, 3.8) is 0 Å². The predicted molar refractivity (Wildman–Crippen MR) is 95.0 cm³/mol. The maximum absolute atomic E-state index is 12.8. The number of carbonyl (C=O) groups is 2. The summed E-state index contributed by atoms with van der Waals surface area (Å²) < 4.78 is 0. The van der Waals surface area contributed by atoms with Crippen LogP contribution in [0.4, 0.5) is 5.69 Å². The molecule has 0 saturated carbocycles. The van der Waals surface area contributed by atoms with Crippen LogP contribution in [0.25, 0.3) is 0 Å². The Hall–Kier alpha value is -1.88. The standard InChI is InChI=1S/C19H27N3O2/c1-13-10-14(2)12-16(11-13)22-9-6-17(19(22)24)18(23)21(3)15-4-7-20-8-5-15/h10-12,15,17,20H,4-9H2,1-3H3. The third-order valence-electron chi connectivity index (χ3n) is 5.23. The second kappa shape index (κ2) is 6.93. The Morgan fingerprint density at radius 3 is 2.38 bits per heavy atom. The molecular weight excluding hydrogens is 302 g/mol. The SMILES string of the molecule is Cc1cc(C)cc(N2CCC(C(=O)N(C)C3CCNCC3)C2=O)c1. The van der Waals surface area contributed by atoms with Crippen molar-refractivity contribution in [2.75, 3.05) is 31.6 Å². The number of rotatable bonds is 3. The number of hydrogen-bond acceptors (Lipinski definition) is 3. The second-order valence-corrected chi connectivity index (χ2v) is 7.11. The van der Waals surface area contributed by atoms with Crippen molar-refractivity contribution in [2.24, 2.45) is 5.92 Å². The van der Waals surface area contributed by atoms with Gasteiger partial charge in [-0.25, -0.2) is 0 Å². The molecule has 0 aromatic heterocycles. The second-order valence-electron chi connectivity index (χ2n) is 7.11. The molecule has 1 unspecified atom stereocenters. The first kappa shape index (κ1) is 17.0. The molecule has 0 spiro atoms. The molecule has 1 aromatic rings. The van der Waals surface area contributed by atoms with E-state index in [0.29, 0.717) is 13.0 Å². The highest BCUT2D eigenvalue weighted by Crippen LogP contribution is 2.28. The molecule has 1 atom stereocenters. The van der Waals surface area contributed by atoms with Crippen LogP contribution in [-0.2, 0) is 9.59 Å². The Morgan fingerprint density at radius 2 is 1.75 bits per heavy atom. The molecule has 24 heavy (non-hydrogen) atoms. The monoisotopic (exact) mass is 329 g/mol. The average Bonchev–Trinajstić information content (AvgIpc) is 2.95. The number of piperidine rings is 1. The third-order valence-corrected chi connectivity index (χ3v) is 5.23. The number of nitrogens with one attached hydrogen (secondary N) is 1. The molecular formula is C19H27N3O2. The van der Waals surface area contributed by atoms with Crippen molar-refractivity contribution in [1.29, 1.82) is 0 Å². The van der Waals surface area contributed by atoms with Crippen LogP contribution in [0.5, 0.6) is 0 Å². The average molecular weight is 329 g/mol. The summed E-state index contributed by atoms with van der Waals surface area (Å²) in [5.74, 6) is -0.588. The minimum absolute atomic E-state index is 0.0150. The Balaban J connectivity index is 1.72. The molecule has 130 valence electrons. The van der Waals surface area contributed by atoms with E-state index in [-0.39, 0.29) is 17.9 Å². The van der Waals surface area contributed by atoms with Crippen LogP contribution >= 0.6 is 0 Å².